The van der Waals surface area contributed by atoms with Crippen LogP contribution in [0.1, 0.15) is 23.0 Å². The molecule has 0 fully saturated rings. The Morgan fingerprint density at radius 1 is 1.47 bits per heavy atom. The highest BCUT2D eigenvalue weighted by Gasteiger charge is 2.05. The predicted octanol–water partition coefficient (Wildman–Crippen LogP) is 2.99. The second kappa shape index (κ2) is 4.45. The maximum atomic E-state index is 11.3. The van der Waals surface area contributed by atoms with Crippen LogP contribution in [0.15, 0.2) is 35.2 Å². The van der Waals surface area contributed by atoms with Gasteiger partial charge in [0.2, 0.25) is 0 Å². The summed E-state index contributed by atoms with van der Waals surface area (Å²) in [5.41, 5.74) is 2.13. The molecule has 0 radical (unpaired) electrons. The molecule has 0 aromatic carbocycles. The van der Waals surface area contributed by atoms with E-state index in [1.807, 2.05) is 22.9 Å². The van der Waals surface area contributed by atoms with E-state index in [4.69, 9.17) is 0 Å². The molecule has 0 aliphatic carbocycles. The highest BCUT2D eigenvalue weighted by Crippen LogP contribution is 2.10. The molecule has 2 heterocycles. The largest absolute Gasteiger partial charge is 0.345 e. The summed E-state index contributed by atoms with van der Waals surface area (Å²) in [6, 6.07) is 5.92. The molecule has 0 aliphatic rings. The van der Waals surface area contributed by atoms with E-state index in [1.165, 1.54) is 5.56 Å². The van der Waals surface area contributed by atoms with Crippen LogP contribution in [0.3, 0.4) is 0 Å². The first-order valence-corrected chi connectivity index (χ1v) is 5.89. The van der Waals surface area contributed by atoms with Gasteiger partial charge in [0.1, 0.15) is 0 Å². The number of nitrogens with zero attached hydrogens (tertiary/aromatic N) is 1. The van der Waals surface area contributed by atoms with Crippen LogP contribution < -0.4 is 0 Å². The van der Waals surface area contributed by atoms with Crippen LogP contribution in [0.4, 0.5) is 0 Å². The van der Waals surface area contributed by atoms with Crippen molar-refractivity contribution in [1.29, 1.82) is 0 Å². The van der Waals surface area contributed by atoms with Gasteiger partial charge in [-0.05, 0) is 40.9 Å². The molecule has 78 valence electrons. The summed E-state index contributed by atoms with van der Waals surface area (Å²) in [6.45, 7) is 2.48. The number of thiophene rings is 1. The SMILES string of the molecule is CC(=O)c1cccn1CCc1ccsc1. The molecule has 0 atom stereocenters. The van der Waals surface area contributed by atoms with E-state index in [0.717, 1.165) is 18.7 Å². The van der Waals surface area contributed by atoms with Crippen molar-refractivity contribution in [2.45, 2.75) is 19.9 Å². The van der Waals surface area contributed by atoms with Gasteiger partial charge in [-0.1, -0.05) is 0 Å². The van der Waals surface area contributed by atoms with Crippen molar-refractivity contribution in [3.05, 3.63) is 46.4 Å². The average molecular weight is 219 g/mol. The molecule has 0 unspecified atom stereocenters. The van der Waals surface area contributed by atoms with E-state index in [9.17, 15) is 4.79 Å². The Bertz CT molecular complexity index is 442. The summed E-state index contributed by atoms with van der Waals surface area (Å²) in [5, 5.41) is 4.23. The number of ketones is 1. The normalized spacial score (nSPS) is 10.5. The molecule has 0 aliphatic heterocycles. The van der Waals surface area contributed by atoms with Crippen LogP contribution in [0.5, 0.6) is 0 Å². The smallest absolute Gasteiger partial charge is 0.176 e. The predicted molar refractivity (Wildman–Crippen MR) is 62.5 cm³/mol. The Balaban J connectivity index is 2.05. The maximum absolute atomic E-state index is 11.3. The molecule has 2 nitrogen and oxygen atoms in total. The van der Waals surface area contributed by atoms with Gasteiger partial charge >= 0.3 is 0 Å². The van der Waals surface area contributed by atoms with Crippen LogP contribution in [0.2, 0.25) is 0 Å². The van der Waals surface area contributed by atoms with Crippen molar-refractivity contribution >= 4 is 17.1 Å². The van der Waals surface area contributed by atoms with Gasteiger partial charge in [0.25, 0.3) is 0 Å². The van der Waals surface area contributed by atoms with E-state index in [1.54, 1.807) is 18.3 Å². The topological polar surface area (TPSA) is 22.0 Å². The van der Waals surface area contributed by atoms with Crippen molar-refractivity contribution in [2.24, 2.45) is 0 Å². The third-order valence-corrected chi connectivity index (χ3v) is 3.14. The Morgan fingerprint density at radius 3 is 3.00 bits per heavy atom. The summed E-state index contributed by atoms with van der Waals surface area (Å²) < 4.78 is 2.01. The lowest BCUT2D eigenvalue weighted by Crippen LogP contribution is -2.07. The zero-order valence-corrected chi connectivity index (χ0v) is 9.46. The second-order valence-electron chi connectivity index (χ2n) is 3.52. The Morgan fingerprint density at radius 2 is 2.33 bits per heavy atom. The molecule has 15 heavy (non-hydrogen) atoms. The number of rotatable bonds is 4. The van der Waals surface area contributed by atoms with Crippen molar-refractivity contribution in [2.75, 3.05) is 0 Å². The first kappa shape index (κ1) is 10.2. The monoisotopic (exact) mass is 219 g/mol. The first-order chi connectivity index (χ1) is 7.27. The van der Waals surface area contributed by atoms with E-state index in [2.05, 4.69) is 16.8 Å². The fourth-order valence-corrected chi connectivity index (χ4v) is 2.32. The minimum Gasteiger partial charge on any atom is -0.345 e. The molecule has 0 N–H and O–H groups in total. The van der Waals surface area contributed by atoms with Crippen LogP contribution in [0, 0.1) is 0 Å². The number of hydrogen-bond donors (Lipinski definition) is 0. The lowest BCUT2D eigenvalue weighted by Gasteiger charge is -2.05. The number of Topliss-reactive ketones (excluding diaryl/α,β-unsaturated/α-hetero) is 1. The molecule has 2 aromatic heterocycles. The molecule has 2 aromatic rings. The number of hydrogen-bond acceptors (Lipinski definition) is 2. The zero-order chi connectivity index (χ0) is 10.7. The molecule has 3 heteroatoms. The van der Waals surface area contributed by atoms with Gasteiger partial charge in [-0.3, -0.25) is 4.79 Å². The third-order valence-electron chi connectivity index (χ3n) is 2.41. The van der Waals surface area contributed by atoms with Crippen molar-refractivity contribution < 1.29 is 4.79 Å². The summed E-state index contributed by atoms with van der Waals surface area (Å²) in [7, 11) is 0. The van der Waals surface area contributed by atoms with Gasteiger partial charge in [0, 0.05) is 19.7 Å². The summed E-state index contributed by atoms with van der Waals surface area (Å²) >= 11 is 1.71. The number of carbonyl (C=O) groups is 1. The van der Waals surface area contributed by atoms with Gasteiger partial charge in [-0.25, -0.2) is 0 Å². The number of aromatic nitrogens is 1. The molecule has 0 bridgehead atoms. The molecular formula is C12H13NOS. The van der Waals surface area contributed by atoms with Crippen molar-refractivity contribution in [1.82, 2.24) is 4.57 Å². The number of carbonyl (C=O) groups excluding carboxylic acids is 1. The van der Waals surface area contributed by atoms with Crippen molar-refractivity contribution in [3.8, 4) is 0 Å². The second-order valence-corrected chi connectivity index (χ2v) is 4.30. The zero-order valence-electron chi connectivity index (χ0n) is 8.64. The molecule has 0 spiro atoms. The van der Waals surface area contributed by atoms with E-state index >= 15 is 0 Å². The van der Waals surface area contributed by atoms with E-state index in [0.29, 0.717) is 0 Å². The number of aryl methyl sites for hydroxylation is 2. The van der Waals surface area contributed by atoms with Gasteiger partial charge < -0.3 is 4.57 Å². The lowest BCUT2D eigenvalue weighted by molar-refractivity contribution is 0.100. The van der Waals surface area contributed by atoms with Gasteiger partial charge in [-0.15, -0.1) is 0 Å². The summed E-state index contributed by atoms with van der Waals surface area (Å²) in [6.07, 6.45) is 2.95. The fraction of sp³-hybridized carbons (Fsp3) is 0.250. The van der Waals surface area contributed by atoms with Gasteiger partial charge in [0.15, 0.2) is 5.78 Å². The molecular weight excluding hydrogens is 206 g/mol. The maximum Gasteiger partial charge on any atom is 0.176 e. The third kappa shape index (κ3) is 2.36. The first-order valence-electron chi connectivity index (χ1n) is 4.94. The fourth-order valence-electron chi connectivity index (χ4n) is 1.61. The molecule has 0 amide bonds. The Hall–Kier alpha value is -1.35. The summed E-state index contributed by atoms with van der Waals surface area (Å²) in [4.78, 5) is 11.3. The minimum atomic E-state index is 0.130. The van der Waals surface area contributed by atoms with E-state index in [-0.39, 0.29) is 5.78 Å². The van der Waals surface area contributed by atoms with Crippen LogP contribution in [0.25, 0.3) is 0 Å². The lowest BCUT2D eigenvalue weighted by atomic mass is 10.2. The van der Waals surface area contributed by atoms with Crippen LogP contribution >= 0.6 is 11.3 Å². The highest BCUT2D eigenvalue weighted by molar-refractivity contribution is 7.07. The standard InChI is InChI=1S/C12H13NOS/c1-10(14)12-3-2-6-13(12)7-4-11-5-8-15-9-11/h2-3,5-6,8-9H,4,7H2,1H3. The molecule has 0 saturated heterocycles. The average Bonchev–Trinajstić information content (AvgIpc) is 2.86. The van der Waals surface area contributed by atoms with Gasteiger partial charge in [-0.2, -0.15) is 11.3 Å². The van der Waals surface area contributed by atoms with Crippen molar-refractivity contribution in [3.63, 3.8) is 0 Å². The minimum absolute atomic E-state index is 0.130. The van der Waals surface area contributed by atoms with Crippen LogP contribution in [-0.2, 0) is 13.0 Å². The highest BCUT2D eigenvalue weighted by atomic mass is 32.1. The summed E-state index contributed by atoms with van der Waals surface area (Å²) in [5.74, 6) is 0.130. The molecule has 2 rings (SSSR count). The van der Waals surface area contributed by atoms with Gasteiger partial charge in [0.05, 0.1) is 5.69 Å². The Labute approximate surface area is 93.2 Å². The van der Waals surface area contributed by atoms with E-state index < -0.39 is 0 Å². The van der Waals surface area contributed by atoms with Crippen LogP contribution in [-0.4, -0.2) is 10.4 Å². The quantitative estimate of drug-likeness (QED) is 0.724. The Kier molecular flexibility index (Phi) is 3.02. The molecule has 0 saturated carbocycles.